The van der Waals surface area contributed by atoms with Crippen molar-refractivity contribution in [2.45, 2.75) is 12.5 Å². The highest BCUT2D eigenvalue weighted by atomic mass is 16.6. The van der Waals surface area contributed by atoms with Crippen LogP contribution in [0.3, 0.4) is 0 Å². The summed E-state index contributed by atoms with van der Waals surface area (Å²) < 4.78 is 4.55. The number of aliphatic hydroxyl groups excluding tert-OH is 1. The summed E-state index contributed by atoms with van der Waals surface area (Å²) in [5.41, 5.74) is 0. The summed E-state index contributed by atoms with van der Waals surface area (Å²) in [5, 5.41) is 11.0. The van der Waals surface area contributed by atoms with E-state index in [1.165, 1.54) is 0 Å². The average Bonchev–Trinajstić information content (AvgIpc) is 1.88. The van der Waals surface area contributed by atoms with Crippen molar-refractivity contribution in [1.29, 1.82) is 0 Å². The monoisotopic (exact) mass is 131 g/mol. The Morgan fingerprint density at radius 3 is 3.11 bits per heavy atom. The lowest BCUT2D eigenvalue weighted by molar-refractivity contribution is 0.1000. The molecule has 1 aliphatic rings. The van der Waals surface area contributed by atoms with E-state index >= 15 is 0 Å². The van der Waals surface area contributed by atoms with Crippen LogP contribution in [0.1, 0.15) is 6.42 Å². The van der Waals surface area contributed by atoms with Crippen molar-refractivity contribution < 1.29 is 14.6 Å². The van der Waals surface area contributed by atoms with E-state index in [-0.39, 0.29) is 12.6 Å². The molecule has 2 N–H and O–H groups in total. The minimum Gasteiger partial charge on any atom is -0.449 e. The Balaban J connectivity index is 2.32. The van der Waals surface area contributed by atoms with Crippen molar-refractivity contribution >= 4 is 6.09 Å². The number of hydrogen-bond donors (Lipinski definition) is 2. The minimum absolute atomic E-state index is 0.00486. The molecule has 1 atom stereocenters. The van der Waals surface area contributed by atoms with Gasteiger partial charge < -0.3 is 15.2 Å². The maximum Gasteiger partial charge on any atom is 0.407 e. The second-order valence-corrected chi connectivity index (χ2v) is 1.95. The first-order valence-electron chi connectivity index (χ1n) is 2.87. The molecule has 1 heterocycles. The van der Waals surface area contributed by atoms with E-state index in [9.17, 15) is 4.79 Å². The van der Waals surface area contributed by atoms with Crippen LogP contribution in [-0.4, -0.2) is 30.5 Å². The van der Waals surface area contributed by atoms with Gasteiger partial charge in [0.1, 0.15) is 0 Å². The number of carbonyl (C=O) groups excluding carboxylic acids is 1. The maximum absolute atomic E-state index is 10.4. The van der Waals surface area contributed by atoms with Crippen LogP contribution in [0.25, 0.3) is 0 Å². The van der Waals surface area contributed by atoms with E-state index in [0.717, 1.165) is 0 Å². The molecule has 4 nitrogen and oxygen atoms in total. The highest BCUT2D eigenvalue weighted by Crippen LogP contribution is 1.98. The summed E-state index contributed by atoms with van der Waals surface area (Å²) in [6.07, 6.45) is 0.266. The van der Waals surface area contributed by atoms with Gasteiger partial charge in [-0.1, -0.05) is 0 Å². The molecule has 1 fully saturated rings. The van der Waals surface area contributed by atoms with E-state index in [1.54, 1.807) is 0 Å². The summed E-state index contributed by atoms with van der Waals surface area (Å²) in [5.74, 6) is 0. The van der Waals surface area contributed by atoms with E-state index in [0.29, 0.717) is 13.0 Å². The zero-order valence-electron chi connectivity index (χ0n) is 4.96. The Bertz CT molecular complexity index is 115. The molecule has 1 rings (SSSR count). The van der Waals surface area contributed by atoms with Gasteiger partial charge in [-0.3, -0.25) is 0 Å². The molecule has 0 spiro atoms. The number of alkyl carbamates (subject to hydrolysis) is 1. The molecular formula is C5H9NO3. The van der Waals surface area contributed by atoms with Gasteiger partial charge in [0.2, 0.25) is 0 Å². The smallest absolute Gasteiger partial charge is 0.407 e. The first-order valence-corrected chi connectivity index (χ1v) is 2.87. The number of nitrogens with one attached hydrogen (secondary N) is 1. The van der Waals surface area contributed by atoms with Crippen LogP contribution in [0.15, 0.2) is 0 Å². The third-order valence-electron chi connectivity index (χ3n) is 1.24. The molecule has 0 unspecified atom stereocenters. The molecule has 1 saturated heterocycles. The Labute approximate surface area is 52.8 Å². The SMILES string of the molecule is O=C1N[C@H](CO)CCO1. The van der Waals surface area contributed by atoms with Gasteiger partial charge in [0.25, 0.3) is 0 Å². The maximum atomic E-state index is 10.4. The lowest BCUT2D eigenvalue weighted by Gasteiger charge is -2.20. The fraction of sp³-hybridized carbons (Fsp3) is 0.800. The van der Waals surface area contributed by atoms with Gasteiger partial charge in [0.05, 0.1) is 19.3 Å². The van der Waals surface area contributed by atoms with Crippen LogP contribution in [0.4, 0.5) is 4.79 Å². The van der Waals surface area contributed by atoms with Crippen LogP contribution in [0, 0.1) is 0 Å². The van der Waals surface area contributed by atoms with Crippen LogP contribution in [0.5, 0.6) is 0 Å². The first kappa shape index (κ1) is 6.35. The molecule has 0 aromatic heterocycles. The van der Waals surface area contributed by atoms with Crippen molar-refractivity contribution in [3.05, 3.63) is 0 Å². The Morgan fingerprint density at radius 1 is 1.89 bits per heavy atom. The standard InChI is InChI=1S/C5H9NO3/c7-3-4-1-2-9-5(8)6-4/h4,7H,1-3H2,(H,6,8)/t4-/m0/s1. The van der Waals surface area contributed by atoms with Gasteiger partial charge in [-0.25, -0.2) is 4.79 Å². The van der Waals surface area contributed by atoms with Gasteiger partial charge in [-0.05, 0) is 0 Å². The summed E-state index contributed by atoms with van der Waals surface area (Å²) in [7, 11) is 0. The lowest BCUT2D eigenvalue weighted by atomic mass is 10.2. The largest absolute Gasteiger partial charge is 0.449 e. The fourth-order valence-electron chi connectivity index (χ4n) is 0.711. The van der Waals surface area contributed by atoms with Crippen LogP contribution in [0.2, 0.25) is 0 Å². The molecule has 0 aliphatic carbocycles. The lowest BCUT2D eigenvalue weighted by Crippen LogP contribution is -2.43. The van der Waals surface area contributed by atoms with Crippen molar-refractivity contribution in [3.63, 3.8) is 0 Å². The Kier molecular flexibility index (Phi) is 1.89. The Hall–Kier alpha value is -0.770. The zero-order valence-corrected chi connectivity index (χ0v) is 4.96. The second kappa shape index (κ2) is 2.68. The number of aliphatic hydroxyl groups is 1. The van der Waals surface area contributed by atoms with Crippen molar-refractivity contribution in [1.82, 2.24) is 5.32 Å². The Morgan fingerprint density at radius 2 is 2.67 bits per heavy atom. The molecule has 4 heteroatoms. The van der Waals surface area contributed by atoms with Crippen LogP contribution < -0.4 is 5.32 Å². The summed E-state index contributed by atoms with van der Waals surface area (Å²) >= 11 is 0. The zero-order chi connectivity index (χ0) is 6.69. The topological polar surface area (TPSA) is 58.6 Å². The molecule has 0 radical (unpaired) electrons. The number of hydrogen-bond acceptors (Lipinski definition) is 3. The minimum atomic E-state index is -0.430. The first-order chi connectivity index (χ1) is 4.33. The number of amides is 1. The third-order valence-corrected chi connectivity index (χ3v) is 1.24. The molecule has 1 amide bonds. The van der Waals surface area contributed by atoms with Crippen LogP contribution >= 0.6 is 0 Å². The van der Waals surface area contributed by atoms with E-state index in [2.05, 4.69) is 10.1 Å². The number of rotatable bonds is 1. The van der Waals surface area contributed by atoms with Gasteiger partial charge in [-0.15, -0.1) is 0 Å². The van der Waals surface area contributed by atoms with Gasteiger partial charge >= 0.3 is 6.09 Å². The predicted octanol–water partition coefficient (Wildman–Crippen LogP) is -0.523. The molecule has 0 saturated carbocycles. The molecule has 52 valence electrons. The highest BCUT2D eigenvalue weighted by molar-refractivity contribution is 5.68. The molecule has 0 aromatic rings. The van der Waals surface area contributed by atoms with Crippen molar-refractivity contribution in [3.8, 4) is 0 Å². The summed E-state index contributed by atoms with van der Waals surface area (Å²) in [4.78, 5) is 10.4. The normalized spacial score (nSPS) is 26.8. The van der Waals surface area contributed by atoms with Gasteiger partial charge in [0, 0.05) is 6.42 Å². The predicted molar refractivity (Wildman–Crippen MR) is 30.0 cm³/mol. The molecule has 9 heavy (non-hydrogen) atoms. The summed E-state index contributed by atoms with van der Waals surface area (Å²) in [6, 6.07) is -0.105. The summed E-state index contributed by atoms with van der Waals surface area (Å²) in [6.45, 7) is 0.409. The number of cyclic esters (lactones) is 1. The van der Waals surface area contributed by atoms with Gasteiger partial charge in [0.15, 0.2) is 0 Å². The van der Waals surface area contributed by atoms with E-state index in [4.69, 9.17) is 5.11 Å². The van der Waals surface area contributed by atoms with Crippen molar-refractivity contribution in [2.24, 2.45) is 0 Å². The number of carbonyl (C=O) groups is 1. The van der Waals surface area contributed by atoms with E-state index < -0.39 is 6.09 Å². The molecule has 1 aliphatic heterocycles. The molecular weight excluding hydrogens is 122 g/mol. The van der Waals surface area contributed by atoms with Gasteiger partial charge in [-0.2, -0.15) is 0 Å². The molecule has 0 aromatic carbocycles. The third kappa shape index (κ3) is 1.57. The fourth-order valence-corrected chi connectivity index (χ4v) is 0.711. The van der Waals surface area contributed by atoms with Crippen molar-refractivity contribution in [2.75, 3.05) is 13.2 Å². The quantitative estimate of drug-likeness (QED) is 0.503. The van der Waals surface area contributed by atoms with E-state index in [1.807, 2.05) is 0 Å². The van der Waals surface area contributed by atoms with Crippen LogP contribution in [-0.2, 0) is 4.74 Å². The highest BCUT2D eigenvalue weighted by Gasteiger charge is 2.17. The molecule has 0 bridgehead atoms. The average molecular weight is 131 g/mol. The second-order valence-electron chi connectivity index (χ2n) is 1.95. The number of ether oxygens (including phenoxy) is 1.